The molecule has 3 heteroatoms. The normalized spacial score (nSPS) is 15.0. The second kappa shape index (κ2) is 4.70. The fourth-order valence-electron chi connectivity index (χ4n) is 0.584. The summed E-state index contributed by atoms with van der Waals surface area (Å²) in [4.78, 5) is 0. The van der Waals surface area contributed by atoms with Crippen molar-refractivity contribution in [2.45, 2.75) is 38.8 Å². The van der Waals surface area contributed by atoms with Crippen LogP contribution in [-0.2, 0) is 0 Å². The van der Waals surface area contributed by atoms with E-state index in [1.54, 1.807) is 0 Å². The lowest BCUT2D eigenvalue weighted by Gasteiger charge is -2.25. The van der Waals surface area contributed by atoms with Crippen molar-refractivity contribution in [3.63, 3.8) is 0 Å². The first kappa shape index (κ1) is 10.9. The minimum atomic E-state index is -0.638. The molecule has 0 saturated carbocycles. The third kappa shape index (κ3) is 5.18. The summed E-state index contributed by atoms with van der Waals surface area (Å²) in [6, 6.07) is 0. The van der Waals surface area contributed by atoms with Crippen molar-refractivity contribution in [3.05, 3.63) is 0 Å². The lowest BCUT2D eigenvalue weighted by Crippen LogP contribution is -2.43. The number of aliphatic hydroxyl groups excluding tert-OH is 2. The van der Waals surface area contributed by atoms with E-state index in [2.05, 4.69) is 26.1 Å². The van der Waals surface area contributed by atoms with Gasteiger partial charge in [0.25, 0.3) is 0 Å². The molecule has 1 atom stereocenters. The zero-order chi connectivity index (χ0) is 8.91. The zero-order valence-electron chi connectivity index (χ0n) is 7.59. The standard InChI is InChI=1S/C8H19NO2/c1-4-8(2,3)9-5-7(11)6-10/h7,9-11H,4-6H2,1-3H3/t7-/m0/s1. The highest BCUT2D eigenvalue weighted by Crippen LogP contribution is 2.05. The Labute approximate surface area is 68.4 Å². The van der Waals surface area contributed by atoms with Crippen molar-refractivity contribution in [2.24, 2.45) is 0 Å². The van der Waals surface area contributed by atoms with E-state index in [0.717, 1.165) is 6.42 Å². The molecule has 0 aliphatic carbocycles. The third-order valence-corrected chi connectivity index (χ3v) is 1.91. The molecule has 11 heavy (non-hydrogen) atoms. The molecular formula is C8H19NO2. The van der Waals surface area contributed by atoms with Gasteiger partial charge in [-0.25, -0.2) is 0 Å². The maximum absolute atomic E-state index is 9.00. The third-order valence-electron chi connectivity index (χ3n) is 1.91. The van der Waals surface area contributed by atoms with Crippen LogP contribution in [0.2, 0.25) is 0 Å². The smallest absolute Gasteiger partial charge is 0.0895 e. The van der Waals surface area contributed by atoms with Crippen LogP contribution in [-0.4, -0.2) is 35.0 Å². The molecule has 0 bridgehead atoms. The molecule has 68 valence electrons. The summed E-state index contributed by atoms with van der Waals surface area (Å²) in [7, 11) is 0. The van der Waals surface area contributed by atoms with Crippen molar-refractivity contribution >= 4 is 0 Å². The predicted octanol–water partition coefficient (Wildman–Crippen LogP) is 0.118. The Morgan fingerprint density at radius 3 is 2.36 bits per heavy atom. The molecule has 0 amide bonds. The summed E-state index contributed by atoms with van der Waals surface area (Å²) in [5, 5.41) is 20.7. The number of hydrogen-bond acceptors (Lipinski definition) is 3. The molecule has 0 radical (unpaired) electrons. The SMILES string of the molecule is CCC(C)(C)NC[C@H](O)CO. The molecule has 0 saturated heterocycles. The van der Waals surface area contributed by atoms with E-state index in [4.69, 9.17) is 10.2 Å². The van der Waals surface area contributed by atoms with Crippen molar-refractivity contribution in [2.75, 3.05) is 13.2 Å². The quantitative estimate of drug-likeness (QED) is 0.537. The molecule has 3 N–H and O–H groups in total. The van der Waals surface area contributed by atoms with Gasteiger partial charge in [-0.3, -0.25) is 0 Å². The number of hydrogen-bond donors (Lipinski definition) is 3. The summed E-state index contributed by atoms with van der Waals surface area (Å²) in [5.41, 5.74) is 0.0517. The van der Waals surface area contributed by atoms with Crippen LogP contribution in [0.3, 0.4) is 0 Å². The summed E-state index contributed by atoms with van der Waals surface area (Å²) in [6.45, 7) is 6.50. The highest BCUT2D eigenvalue weighted by Gasteiger charge is 2.14. The Morgan fingerprint density at radius 2 is 2.00 bits per heavy atom. The van der Waals surface area contributed by atoms with Crippen LogP contribution < -0.4 is 5.32 Å². The summed E-state index contributed by atoms with van der Waals surface area (Å²) >= 11 is 0. The van der Waals surface area contributed by atoms with Gasteiger partial charge in [0.15, 0.2) is 0 Å². The first-order valence-corrected chi connectivity index (χ1v) is 4.06. The van der Waals surface area contributed by atoms with Gasteiger partial charge in [-0.15, -0.1) is 0 Å². The van der Waals surface area contributed by atoms with Gasteiger partial charge in [0, 0.05) is 12.1 Å². The van der Waals surface area contributed by atoms with Gasteiger partial charge in [-0.2, -0.15) is 0 Å². The molecule has 0 aromatic heterocycles. The molecule has 0 unspecified atom stereocenters. The predicted molar refractivity (Wildman–Crippen MR) is 45.5 cm³/mol. The lowest BCUT2D eigenvalue weighted by atomic mass is 10.0. The molecule has 0 aliphatic rings. The molecule has 0 aromatic carbocycles. The van der Waals surface area contributed by atoms with Crippen LogP contribution in [0.5, 0.6) is 0 Å². The fraction of sp³-hybridized carbons (Fsp3) is 1.00. The molecule has 0 aromatic rings. The van der Waals surface area contributed by atoms with Crippen LogP contribution in [0.1, 0.15) is 27.2 Å². The first-order chi connectivity index (χ1) is 5.02. The second-order valence-corrected chi connectivity index (χ2v) is 3.45. The topological polar surface area (TPSA) is 52.5 Å². The van der Waals surface area contributed by atoms with Gasteiger partial charge < -0.3 is 15.5 Å². The maximum Gasteiger partial charge on any atom is 0.0895 e. The minimum Gasteiger partial charge on any atom is -0.394 e. The summed E-state index contributed by atoms with van der Waals surface area (Å²) < 4.78 is 0. The molecule has 0 rings (SSSR count). The van der Waals surface area contributed by atoms with Gasteiger partial charge in [0.2, 0.25) is 0 Å². The second-order valence-electron chi connectivity index (χ2n) is 3.45. The molecule has 0 spiro atoms. The Morgan fingerprint density at radius 1 is 1.45 bits per heavy atom. The van der Waals surface area contributed by atoms with Gasteiger partial charge in [-0.1, -0.05) is 6.92 Å². The number of aliphatic hydroxyl groups is 2. The average molecular weight is 161 g/mol. The molecule has 3 nitrogen and oxygen atoms in total. The van der Waals surface area contributed by atoms with Crippen LogP contribution >= 0.6 is 0 Å². The largest absolute Gasteiger partial charge is 0.394 e. The monoisotopic (exact) mass is 161 g/mol. The van der Waals surface area contributed by atoms with Crippen LogP contribution in [0.15, 0.2) is 0 Å². The van der Waals surface area contributed by atoms with Crippen LogP contribution in [0, 0.1) is 0 Å². The lowest BCUT2D eigenvalue weighted by molar-refractivity contribution is 0.0875. The van der Waals surface area contributed by atoms with Gasteiger partial charge in [0.05, 0.1) is 12.7 Å². The molecule has 0 aliphatic heterocycles. The Hall–Kier alpha value is -0.120. The van der Waals surface area contributed by atoms with Crippen LogP contribution in [0.4, 0.5) is 0 Å². The highest BCUT2D eigenvalue weighted by molar-refractivity contribution is 4.76. The number of nitrogens with one attached hydrogen (secondary N) is 1. The Balaban J connectivity index is 3.52. The summed E-state index contributed by atoms with van der Waals surface area (Å²) in [5.74, 6) is 0. The van der Waals surface area contributed by atoms with E-state index >= 15 is 0 Å². The van der Waals surface area contributed by atoms with Gasteiger partial charge in [0.1, 0.15) is 0 Å². The Kier molecular flexibility index (Phi) is 4.65. The number of β-amino-alcohol motifs (C(OH)–C–C–N with tert-alkyl or cyclic N) is 1. The first-order valence-electron chi connectivity index (χ1n) is 4.06. The number of rotatable bonds is 5. The van der Waals surface area contributed by atoms with E-state index in [0.29, 0.717) is 6.54 Å². The van der Waals surface area contributed by atoms with Gasteiger partial charge >= 0.3 is 0 Å². The van der Waals surface area contributed by atoms with Crippen molar-refractivity contribution in [1.82, 2.24) is 5.32 Å². The summed E-state index contributed by atoms with van der Waals surface area (Å²) in [6.07, 6.45) is 0.367. The van der Waals surface area contributed by atoms with Crippen LogP contribution in [0.25, 0.3) is 0 Å². The van der Waals surface area contributed by atoms with Crippen molar-refractivity contribution in [3.8, 4) is 0 Å². The van der Waals surface area contributed by atoms with E-state index in [1.165, 1.54) is 0 Å². The van der Waals surface area contributed by atoms with E-state index < -0.39 is 6.10 Å². The van der Waals surface area contributed by atoms with E-state index in [-0.39, 0.29) is 12.1 Å². The molecular weight excluding hydrogens is 142 g/mol. The zero-order valence-corrected chi connectivity index (χ0v) is 7.59. The Bertz CT molecular complexity index is 104. The van der Waals surface area contributed by atoms with Crippen molar-refractivity contribution in [1.29, 1.82) is 0 Å². The highest BCUT2D eigenvalue weighted by atomic mass is 16.3. The maximum atomic E-state index is 9.00. The van der Waals surface area contributed by atoms with Crippen molar-refractivity contribution < 1.29 is 10.2 Å². The fourth-order valence-corrected chi connectivity index (χ4v) is 0.584. The average Bonchev–Trinajstić information content (AvgIpc) is 2.00. The van der Waals surface area contributed by atoms with E-state index in [1.807, 2.05) is 0 Å². The molecule has 0 fully saturated rings. The minimum absolute atomic E-state index is 0.0517. The van der Waals surface area contributed by atoms with Gasteiger partial charge in [-0.05, 0) is 20.3 Å². The van der Waals surface area contributed by atoms with E-state index in [9.17, 15) is 0 Å². The molecule has 0 heterocycles.